The van der Waals surface area contributed by atoms with Crippen LogP contribution in [0, 0.1) is 0 Å². The highest BCUT2D eigenvalue weighted by atomic mass is 35.5. The third kappa shape index (κ3) is 3.79. The number of hydrogen-bond donors (Lipinski definition) is 0. The quantitative estimate of drug-likeness (QED) is 0.784. The number of aliphatic imine (C=N–C) groups is 1. The fourth-order valence-electron chi connectivity index (χ4n) is 1.92. The van der Waals surface area contributed by atoms with E-state index >= 15 is 0 Å². The summed E-state index contributed by atoms with van der Waals surface area (Å²) in [6.07, 6.45) is 4.23. The van der Waals surface area contributed by atoms with Crippen LogP contribution in [0.5, 0.6) is 0 Å². The van der Waals surface area contributed by atoms with E-state index in [1.54, 1.807) is 43.3 Å². The van der Waals surface area contributed by atoms with Crippen LogP contribution in [0.4, 0.5) is 0 Å². The predicted molar refractivity (Wildman–Crippen MR) is 81.5 cm³/mol. The van der Waals surface area contributed by atoms with E-state index < -0.39 is 5.60 Å². The summed E-state index contributed by atoms with van der Waals surface area (Å²) in [7, 11) is 0. The van der Waals surface area contributed by atoms with Crippen LogP contribution in [0.25, 0.3) is 0 Å². The first kappa shape index (κ1) is 15.4. The molecular weight excluding hydrogens is 290 g/mol. The fraction of sp³-hybridized carbons (Fsp3) is 0.312. The molecule has 0 N–H and O–H groups in total. The summed E-state index contributed by atoms with van der Waals surface area (Å²) in [5.41, 5.74) is -0.349. The van der Waals surface area contributed by atoms with Crippen molar-refractivity contribution in [3.05, 3.63) is 47.0 Å². The maximum Gasteiger partial charge on any atom is 0.293 e. The van der Waals surface area contributed by atoms with Crippen molar-refractivity contribution in [2.24, 2.45) is 4.99 Å². The lowest BCUT2D eigenvalue weighted by Gasteiger charge is -2.19. The minimum absolute atomic E-state index is 0.0749. The van der Waals surface area contributed by atoms with Gasteiger partial charge >= 0.3 is 0 Å². The molecule has 1 aliphatic rings. The molecule has 0 aromatic heterocycles. The molecule has 0 saturated carbocycles. The van der Waals surface area contributed by atoms with E-state index in [0.717, 1.165) is 0 Å². The Kier molecular flexibility index (Phi) is 4.58. The van der Waals surface area contributed by atoms with Gasteiger partial charge in [-0.1, -0.05) is 29.8 Å². The van der Waals surface area contributed by atoms with Crippen LogP contribution in [0.3, 0.4) is 0 Å². The Morgan fingerprint density at radius 3 is 2.86 bits per heavy atom. The third-order valence-corrected chi connectivity index (χ3v) is 3.36. The summed E-state index contributed by atoms with van der Waals surface area (Å²) in [4.78, 5) is 26.9. The standard InChI is InChI=1S/C16H16ClNO3/c1-11(19)6-3-4-9-16(2)15(20)18-14(21-16)12-7-5-8-13(17)10-12/h3-5,7-8,10H,6,9H2,1-2H3/b4-3+/t16-/m1/s1. The van der Waals surface area contributed by atoms with Crippen molar-refractivity contribution in [2.45, 2.75) is 32.3 Å². The molecule has 1 amide bonds. The highest BCUT2D eigenvalue weighted by molar-refractivity contribution is 6.31. The van der Waals surface area contributed by atoms with E-state index in [4.69, 9.17) is 16.3 Å². The van der Waals surface area contributed by atoms with Crippen LogP contribution in [0.2, 0.25) is 5.02 Å². The van der Waals surface area contributed by atoms with E-state index in [0.29, 0.717) is 23.4 Å². The maximum absolute atomic E-state index is 12.0. The molecule has 1 aliphatic heterocycles. The van der Waals surface area contributed by atoms with Gasteiger partial charge in [-0.15, -0.1) is 0 Å². The molecule has 5 heteroatoms. The molecule has 21 heavy (non-hydrogen) atoms. The zero-order chi connectivity index (χ0) is 15.5. The van der Waals surface area contributed by atoms with Gasteiger partial charge in [-0.05, 0) is 32.0 Å². The van der Waals surface area contributed by atoms with Gasteiger partial charge in [-0.2, -0.15) is 4.99 Å². The zero-order valence-corrected chi connectivity index (χ0v) is 12.7. The van der Waals surface area contributed by atoms with Gasteiger partial charge in [0.1, 0.15) is 5.78 Å². The number of nitrogens with zero attached hydrogens (tertiary/aromatic N) is 1. The Balaban J connectivity index is 2.08. The molecule has 1 aromatic rings. The first-order valence-corrected chi connectivity index (χ1v) is 7.01. The Labute approximate surface area is 128 Å². The Morgan fingerprint density at radius 1 is 1.43 bits per heavy atom. The number of rotatable bonds is 5. The molecular formula is C16H16ClNO3. The smallest absolute Gasteiger partial charge is 0.293 e. The van der Waals surface area contributed by atoms with Gasteiger partial charge < -0.3 is 4.74 Å². The van der Waals surface area contributed by atoms with Crippen LogP contribution >= 0.6 is 11.6 Å². The number of halogens is 1. The molecule has 0 saturated heterocycles. The molecule has 0 radical (unpaired) electrons. The number of amides is 1. The molecule has 0 spiro atoms. The van der Waals surface area contributed by atoms with Crippen molar-refractivity contribution < 1.29 is 14.3 Å². The molecule has 0 bridgehead atoms. The van der Waals surface area contributed by atoms with Crippen LogP contribution < -0.4 is 0 Å². The summed E-state index contributed by atoms with van der Waals surface area (Å²) in [5.74, 6) is 0.0286. The molecule has 2 rings (SSSR count). The Bertz CT molecular complexity index is 636. The zero-order valence-electron chi connectivity index (χ0n) is 11.9. The van der Waals surface area contributed by atoms with E-state index in [9.17, 15) is 9.59 Å². The normalized spacial score (nSPS) is 21.5. The van der Waals surface area contributed by atoms with Crippen molar-refractivity contribution >= 4 is 29.2 Å². The van der Waals surface area contributed by atoms with Crippen molar-refractivity contribution in [3.8, 4) is 0 Å². The molecule has 1 atom stereocenters. The van der Waals surface area contributed by atoms with Crippen molar-refractivity contribution in [2.75, 3.05) is 0 Å². The monoisotopic (exact) mass is 305 g/mol. The first-order chi connectivity index (χ1) is 9.90. The first-order valence-electron chi connectivity index (χ1n) is 6.63. The SMILES string of the molecule is CC(=O)C/C=C/C[C@@]1(C)OC(c2cccc(Cl)c2)=NC1=O. The lowest BCUT2D eigenvalue weighted by molar-refractivity contribution is -0.129. The summed E-state index contributed by atoms with van der Waals surface area (Å²) < 4.78 is 5.71. The van der Waals surface area contributed by atoms with Gasteiger partial charge in [0.25, 0.3) is 5.91 Å². The van der Waals surface area contributed by atoms with Gasteiger partial charge in [0.05, 0.1) is 0 Å². The van der Waals surface area contributed by atoms with Gasteiger partial charge in [-0.3, -0.25) is 9.59 Å². The van der Waals surface area contributed by atoms with E-state index in [1.807, 2.05) is 0 Å². The maximum atomic E-state index is 12.0. The van der Waals surface area contributed by atoms with Crippen LogP contribution in [0.1, 0.15) is 32.3 Å². The van der Waals surface area contributed by atoms with Gasteiger partial charge in [-0.25, -0.2) is 0 Å². The molecule has 0 unspecified atom stereocenters. The lowest BCUT2D eigenvalue weighted by atomic mass is 10.0. The van der Waals surface area contributed by atoms with Crippen LogP contribution in [0.15, 0.2) is 41.4 Å². The van der Waals surface area contributed by atoms with Crippen LogP contribution in [-0.4, -0.2) is 23.2 Å². The molecule has 0 aliphatic carbocycles. The second kappa shape index (κ2) is 6.22. The summed E-state index contributed by atoms with van der Waals surface area (Å²) in [5, 5.41) is 0.557. The highest BCUT2D eigenvalue weighted by Crippen LogP contribution is 2.27. The van der Waals surface area contributed by atoms with Gasteiger partial charge in [0.2, 0.25) is 5.90 Å². The Hall–Kier alpha value is -1.94. The number of ketones is 1. The van der Waals surface area contributed by atoms with Gasteiger partial charge in [0, 0.05) is 23.4 Å². The van der Waals surface area contributed by atoms with E-state index in [1.165, 1.54) is 6.92 Å². The Morgan fingerprint density at radius 2 is 2.19 bits per heavy atom. The third-order valence-electron chi connectivity index (χ3n) is 3.13. The summed E-state index contributed by atoms with van der Waals surface area (Å²) in [6, 6.07) is 7.00. The molecule has 1 aromatic carbocycles. The number of carbonyl (C=O) groups is 2. The van der Waals surface area contributed by atoms with Crippen molar-refractivity contribution in [1.29, 1.82) is 0 Å². The number of allylic oxidation sites excluding steroid dienone is 1. The number of carbonyl (C=O) groups excluding carboxylic acids is 2. The van der Waals surface area contributed by atoms with E-state index in [-0.39, 0.29) is 17.6 Å². The number of benzene rings is 1. The topological polar surface area (TPSA) is 55.7 Å². The minimum Gasteiger partial charge on any atom is -0.460 e. The molecule has 110 valence electrons. The average Bonchev–Trinajstić information content (AvgIpc) is 2.71. The van der Waals surface area contributed by atoms with Crippen molar-refractivity contribution in [3.63, 3.8) is 0 Å². The minimum atomic E-state index is -1.02. The average molecular weight is 306 g/mol. The predicted octanol–water partition coefficient (Wildman–Crippen LogP) is 3.33. The number of hydrogen-bond acceptors (Lipinski definition) is 3. The summed E-state index contributed by atoms with van der Waals surface area (Å²) >= 11 is 5.92. The van der Waals surface area contributed by atoms with E-state index in [2.05, 4.69) is 4.99 Å². The van der Waals surface area contributed by atoms with Gasteiger partial charge in [0.15, 0.2) is 5.60 Å². The molecule has 1 heterocycles. The highest BCUT2D eigenvalue weighted by Gasteiger charge is 2.41. The molecule has 0 fully saturated rings. The molecule has 4 nitrogen and oxygen atoms in total. The fourth-order valence-corrected chi connectivity index (χ4v) is 2.11. The largest absolute Gasteiger partial charge is 0.460 e. The second-order valence-corrected chi connectivity index (χ2v) is 5.58. The number of ether oxygens (including phenoxy) is 1. The summed E-state index contributed by atoms with van der Waals surface area (Å²) in [6.45, 7) is 3.21. The van der Waals surface area contributed by atoms with Crippen molar-refractivity contribution in [1.82, 2.24) is 0 Å². The number of Topliss-reactive ketones (excluding diaryl/α,β-unsaturated/α-hetero) is 1. The second-order valence-electron chi connectivity index (χ2n) is 5.15. The van der Waals surface area contributed by atoms with Crippen LogP contribution in [-0.2, 0) is 14.3 Å². The lowest BCUT2D eigenvalue weighted by Crippen LogP contribution is -2.33.